The molecule has 0 fully saturated rings. The van der Waals surface area contributed by atoms with Crippen LogP contribution in [0.1, 0.15) is 13.3 Å². The molecule has 0 radical (unpaired) electrons. The molecule has 3 aromatic rings. The van der Waals surface area contributed by atoms with Crippen LogP contribution in [0, 0.1) is 0 Å². The topological polar surface area (TPSA) is 76.7 Å². The third-order valence-electron chi connectivity index (χ3n) is 4.59. The normalized spacial score (nSPS) is 11.4. The van der Waals surface area contributed by atoms with Crippen LogP contribution in [0.4, 0.5) is 11.4 Å². The van der Waals surface area contributed by atoms with Gasteiger partial charge >= 0.3 is 0 Å². The summed E-state index contributed by atoms with van der Waals surface area (Å²) in [6, 6.07) is 21.6. The minimum absolute atomic E-state index is 0.0944. The molecular weight excluding hydrogens is 460 g/mol. The van der Waals surface area contributed by atoms with Gasteiger partial charge in [0.2, 0.25) is 5.91 Å². The zero-order valence-corrected chi connectivity index (χ0v) is 19.9. The highest BCUT2D eigenvalue weighted by Gasteiger charge is 2.20. The van der Waals surface area contributed by atoms with Crippen LogP contribution in [-0.4, -0.2) is 30.8 Å². The third kappa shape index (κ3) is 7.44. The lowest BCUT2D eigenvalue weighted by Gasteiger charge is -2.17. The molecule has 0 aromatic heterocycles. The number of hydrogen-bond donors (Lipinski definition) is 2. The second-order valence-electron chi connectivity index (χ2n) is 7.03. The summed E-state index contributed by atoms with van der Waals surface area (Å²) in [5, 5.41) is 5.88. The molecule has 0 heterocycles. The van der Waals surface area contributed by atoms with Crippen LogP contribution in [-0.2, 0) is 9.59 Å². The summed E-state index contributed by atoms with van der Waals surface area (Å²) >= 11 is 7.48. The molecular formula is C25H25ClN2O4S. The summed E-state index contributed by atoms with van der Waals surface area (Å²) in [5.41, 5.74) is 1.15. The van der Waals surface area contributed by atoms with Crippen molar-refractivity contribution in [2.75, 3.05) is 24.4 Å². The maximum absolute atomic E-state index is 12.9. The molecule has 0 aliphatic heterocycles. The van der Waals surface area contributed by atoms with Crippen LogP contribution < -0.4 is 20.1 Å². The molecule has 0 bridgehead atoms. The van der Waals surface area contributed by atoms with Gasteiger partial charge in [0.1, 0.15) is 11.5 Å². The van der Waals surface area contributed by atoms with Crippen LogP contribution in [0.15, 0.2) is 77.7 Å². The first-order valence-corrected chi connectivity index (χ1v) is 11.6. The van der Waals surface area contributed by atoms with Crippen LogP contribution in [0.3, 0.4) is 0 Å². The second-order valence-corrected chi connectivity index (χ2v) is 8.74. The highest BCUT2D eigenvalue weighted by Crippen LogP contribution is 2.31. The molecule has 8 heteroatoms. The maximum Gasteiger partial charge on any atom is 0.262 e. The lowest BCUT2D eigenvalue weighted by Crippen LogP contribution is -2.24. The van der Waals surface area contributed by atoms with Crippen molar-refractivity contribution in [3.8, 4) is 11.5 Å². The Balaban J connectivity index is 1.60. The van der Waals surface area contributed by atoms with E-state index in [-0.39, 0.29) is 23.7 Å². The van der Waals surface area contributed by atoms with Gasteiger partial charge in [-0.25, -0.2) is 0 Å². The molecule has 0 saturated heterocycles. The van der Waals surface area contributed by atoms with Crippen molar-refractivity contribution in [1.82, 2.24) is 0 Å². The Morgan fingerprint density at radius 1 is 1.00 bits per heavy atom. The molecule has 1 unspecified atom stereocenters. The monoisotopic (exact) mass is 484 g/mol. The van der Waals surface area contributed by atoms with Crippen LogP contribution >= 0.6 is 23.4 Å². The van der Waals surface area contributed by atoms with Gasteiger partial charge in [-0.05, 0) is 55.0 Å². The van der Waals surface area contributed by atoms with Crippen molar-refractivity contribution in [3.63, 3.8) is 0 Å². The number of anilines is 2. The minimum Gasteiger partial charge on any atom is -0.495 e. The number of rotatable bonds is 10. The number of thioether (sulfide) groups is 1. The van der Waals surface area contributed by atoms with Gasteiger partial charge in [0.15, 0.2) is 6.61 Å². The summed E-state index contributed by atoms with van der Waals surface area (Å²) in [5.74, 6) is 0.743. The number of halogens is 1. The van der Waals surface area contributed by atoms with Crippen molar-refractivity contribution in [2.24, 2.45) is 0 Å². The van der Waals surface area contributed by atoms with Crippen LogP contribution in [0.5, 0.6) is 11.5 Å². The van der Waals surface area contributed by atoms with Crippen molar-refractivity contribution >= 4 is 46.6 Å². The van der Waals surface area contributed by atoms with E-state index in [1.807, 2.05) is 43.3 Å². The Hall–Kier alpha value is -3.16. The van der Waals surface area contributed by atoms with Gasteiger partial charge in [0.05, 0.1) is 18.0 Å². The maximum atomic E-state index is 12.9. The van der Waals surface area contributed by atoms with E-state index in [0.717, 1.165) is 4.90 Å². The summed E-state index contributed by atoms with van der Waals surface area (Å²) < 4.78 is 10.8. The van der Waals surface area contributed by atoms with Gasteiger partial charge in [0.25, 0.3) is 5.91 Å². The third-order valence-corrected chi connectivity index (χ3v) is 6.19. The summed E-state index contributed by atoms with van der Waals surface area (Å²) in [7, 11) is 1.54. The zero-order chi connectivity index (χ0) is 23.6. The van der Waals surface area contributed by atoms with Crippen molar-refractivity contribution in [3.05, 3.63) is 77.8 Å². The number of methoxy groups -OCH3 is 1. The number of ether oxygens (including phenoxy) is 2. The summed E-state index contributed by atoms with van der Waals surface area (Å²) in [6.07, 6.45) is 0.612. The number of nitrogens with one attached hydrogen (secondary N) is 2. The fraction of sp³-hybridized carbons (Fsp3) is 0.200. The molecule has 2 amide bonds. The zero-order valence-electron chi connectivity index (χ0n) is 18.3. The van der Waals surface area contributed by atoms with Gasteiger partial charge in [-0.3, -0.25) is 9.59 Å². The Labute approximate surface area is 202 Å². The molecule has 6 nitrogen and oxygen atoms in total. The SMILES string of the molecule is CCC(Sc1cccc(NC(=O)COc2ccccc2)c1)C(=O)Nc1cc(Cl)ccc1OC. The minimum atomic E-state index is -0.346. The number of carbonyl (C=O) groups is 2. The van der Waals surface area contributed by atoms with E-state index >= 15 is 0 Å². The lowest BCUT2D eigenvalue weighted by atomic mass is 10.2. The fourth-order valence-electron chi connectivity index (χ4n) is 2.99. The van der Waals surface area contributed by atoms with E-state index in [1.165, 1.54) is 18.9 Å². The largest absolute Gasteiger partial charge is 0.495 e. The Morgan fingerprint density at radius 3 is 2.52 bits per heavy atom. The van der Waals surface area contributed by atoms with E-state index in [2.05, 4.69) is 10.6 Å². The van der Waals surface area contributed by atoms with E-state index in [4.69, 9.17) is 21.1 Å². The molecule has 0 spiro atoms. The molecule has 0 saturated carbocycles. The Morgan fingerprint density at radius 2 is 1.79 bits per heavy atom. The smallest absolute Gasteiger partial charge is 0.262 e. The number of para-hydroxylation sites is 1. The highest BCUT2D eigenvalue weighted by atomic mass is 35.5. The number of amides is 2. The molecule has 0 aliphatic carbocycles. The molecule has 2 N–H and O–H groups in total. The van der Waals surface area contributed by atoms with Crippen LogP contribution in [0.25, 0.3) is 0 Å². The first kappa shape index (κ1) is 24.5. The molecule has 3 aromatic carbocycles. The Kier molecular flexibility index (Phi) is 9.04. The molecule has 3 rings (SSSR count). The predicted molar refractivity (Wildman–Crippen MR) is 134 cm³/mol. The average molecular weight is 485 g/mol. The van der Waals surface area contributed by atoms with Gasteiger partial charge in [-0.15, -0.1) is 11.8 Å². The van der Waals surface area contributed by atoms with E-state index < -0.39 is 0 Å². The highest BCUT2D eigenvalue weighted by molar-refractivity contribution is 8.00. The van der Waals surface area contributed by atoms with E-state index in [9.17, 15) is 9.59 Å². The Bertz CT molecular complexity index is 1090. The lowest BCUT2D eigenvalue weighted by molar-refractivity contribution is -0.118. The summed E-state index contributed by atoms with van der Waals surface area (Å²) in [6.45, 7) is 1.85. The quantitative estimate of drug-likeness (QED) is 0.352. The first-order valence-electron chi connectivity index (χ1n) is 10.4. The van der Waals surface area contributed by atoms with Gasteiger partial charge in [-0.1, -0.05) is 42.8 Å². The standard InChI is InChI=1S/C25H25ClN2O4S/c1-3-23(25(30)28-21-14-17(26)12-13-22(21)31-2)33-20-11-7-8-18(15-20)27-24(29)16-32-19-9-5-4-6-10-19/h4-15,23H,3,16H2,1-2H3,(H,27,29)(H,28,30). The van der Waals surface area contributed by atoms with Crippen LogP contribution in [0.2, 0.25) is 5.02 Å². The van der Waals surface area contributed by atoms with Gasteiger partial charge < -0.3 is 20.1 Å². The molecule has 33 heavy (non-hydrogen) atoms. The van der Waals surface area contributed by atoms with Gasteiger partial charge in [0, 0.05) is 15.6 Å². The average Bonchev–Trinajstić information content (AvgIpc) is 2.82. The van der Waals surface area contributed by atoms with Crippen molar-refractivity contribution in [1.29, 1.82) is 0 Å². The molecule has 1 atom stereocenters. The molecule has 0 aliphatic rings. The van der Waals surface area contributed by atoms with E-state index in [0.29, 0.717) is 34.3 Å². The first-order chi connectivity index (χ1) is 16.0. The van der Waals surface area contributed by atoms with Crippen molar-refractivity contribution in [2.45, 2.75) is 23.5 Å². The number of hydrogen-bond acceptors (Lipinski definition) is 5. The fourth-order valence-corrected chi connectivity index (χ4v) is 4.17. The number of benzene rings is 3. The van der Waals surface area contributed by atoms with Crippen molar-refractivity contribution < 1.29 is 19.1 Å². The predicted octanol–water partition coefficient (Wildman–Crippen LogP) is 5.88. The molecule has 172 valence electrons. The summed E-state index contributed by atoms with van der Waals surface area (Å²) in [4.78, 5) is 26.0. The number of carbonyl (C=O) groups excluding carboxylic acids is 2. The second kappa shape index (κ2) is 12.2. The van der Waals surface area contributed by atoms with Gasteiger partial charge in [-0.2, -0.15) is 0 Å². The van der Waals surface area contributed by atoms with E-state index in [1.54, 1.807) is 36.4 Å².